The summed E-state index contributed by atoms with van der Waals surface area (Å²) in [6.45, 7) is 0. The van der Waals surface area contributed by atoms with Gasteiger partial charge in [-0.05, 0) is 35.0 Å². The Kier molecular flexibility index (Phi) is 2.19. The fourth-order valence-corrected chi connectivity index (χ4v) is 4.32. The highest BCUT2D eigenvalue weighted by Gasteiger charge is 2.18. The molecule has 0 saturated heterocycles. The van der Waals surface area contributed by atoms with Gasteiger partial charge in [-0.25, -0.2) is 0 Å². The molecule has 0 radical (unpaired) electrons. The number of para-hydroxylation sites is 1. The summed E-state index contributed by atoms with van der Waals surface area (Å²) in [4.78, 5) is 0. The first-order valence-corrected chi connectivity index (χ1v) is 8.36. The summed E-state index contributed by atoms with van der Waals surface area (Å²) >= 11 is 0. The van der Waals surface area contributed by atoms with Crippen LogP contribution in [0.2, 0.25) is 0 Å². The Hall–Kier alpha value is -3.57. The molecule has 0 aliphatic heterocycles. The maximum absolute atomic E-state index is 9.26. The summed E-state index contributed by atoms with van der Waals surface area (Å²) in [7, 11) is 0. The van der Waals surface area contributed by atoms with Crippen molar-refractivity contribution < 1.29 is 0 Å². The lowest BCUT2D eigenvalue weighted by molar-refractivity contribution is 1.37. The van der Waals surface area contributed by atoms with Gasteiger partial charge in [-0.3, -0.25) is 0 Å². The third kappa shape index (κ3) is 1.44. The Balaban J connectivity index is 2.00. The van der Waals surface area contributed by atoms with Gasteiger partial charge in [-0.2, -0.15) is 5.26 Å². The lowest BCUT2D eigenvalue weighted by Crippen LogP contribution is -1.82. The van der Waals surface area contributed by atoms with Crippen LogP contribution in [0.5, 0.6) is 0 Å². The van der Waals surface area contributed by atoms with Crippen molar-refractivity contribution in [3.8, 4) is 6.07 Å². The van der Waals surface area contributed by atoms with Gasteiger partial charge in [0.1, 0.15) is 0 Å². The van der Waals surface area contributed by atoms with E-state index in [2.05, 4.69) is 71.1 Å². The Labute approximate surface area is 143 Å². The monoisotopic (exact) mass is 316 g/mol. The molecule has 0 unspecified atom stereocenters. The summed E-state index contributed by atoms with van der Waals surface area (Å²) in [5, 5.41) is 16.8. The van der Waals surface area contributed by atoms with Crippen LogP contribution in [0, 0.1) is 11.3 Å². The fraction of sp³-hybridized carbons (Fsp3) is 0. The van der Waals surface area contributed by atoms with Crippen LogP contribution in [0.25, 0.3) is 48.9 Å². The molecule has 2 heterocycles. The zero-order valence-corrected chi connectivity index (χ0v) is 13.3. The Morgan fingerprint density at radius 2 is 1.48 bits per heavy atom. The summed E-state index contributed by atoms with van der Waals surface area (Å²) < 4.78 is 2.35. The van der Waals surface area contributed by atoms with E-state index in [-0.39, 0.29) is 0 Å². The quantitative estimate of drug-likeness (QED) is 0.345. The highest BCUT2D eigenvalue weighted by Crippen LogP contribution is 2.41. The predicted octanol–water partition coefficient (Wildman–Crippen LogP) is 5.86. The minimum atomic E-state index is 0.705. The lowest BCUT2D eigenvalue weighted by atomic mass is 10.0. The molecule has 0 spiro atoms. The number of fused-ring (bicyclic) bond motifs is 8. The van der Waals surface area contributed by atoms with Crippen molar-refractivity contribution in [3.05, 3.63) is 78.4 Å². The Bertz CT molecular complexity index is 1500. The fourth-order valence-electron chi connectivity index (χ4n) is 4.32. The van der Waals surface area contributed by atoms with E-state index in [9.17, 15) is 5.26 Å². The predicted molar refractivity (Wildman–Crippen MR) is 103 cm³/mol. The van der Waals surface area contributed by atoms with E-state index in [0.717, 1.165) is 10.9 Å². The van der Waals surface area contributed by atoms with E-state index in [4.69, 9.17) is 0 Å². The third-order valence-electron chi connectivity index (χ3n) is 5.33. The number of nitrogens with zero attached hydrogens (tertiary/aromatic N) is 2. The van der Waals surface area contributed by atoms with Crippen LogP contribution in [-0.4, -0.2) is 4.40 Å². The van der Waals surface area contributed by atoms with E-state index >= 15 is 0 Å². The summed E-state index contributed by atoms with van der Waals surface area (Å²) in [6.07, 6.45) is 0. The molecule has 0 aliphatic carbocycles. The highest BCUT2D eigenvalue weighted by molar-refractivity contribution is 6.28. The molecule has 114 valence electrons. The van der Waals surface area contributed by atoms with E-state index in [1.807, 2.05) is 12.1 Å². The molecule has 0 fully saturated rings. The van der Waals surface area contributed by atoms with Gasteiger partial charge in [0.15, 0.2) is 0 Å². The number of benzene rings is 4. The van der Waals surface area contributed by atoms with Crippen LogP contribution in [0.3, 0.4) is 0 Å². The molecule has 2 heteroatoms. The van der Waals surface area contributed by atoms with Gasteiger partial charge in [0.2, 0.25) is 0 Å². The van der Waals surface area contributed by atoms with Crippen molar-refractivity contribution in [2.45, 2.75) is 0 Å². The number of nitriles is 1. The molecule has 0 aliphatic rings. The summed E-state index contributed by atoms with van der Waals surface area (Å²) in [6, 6.07) is 27.7. The van der Waals surface area contributed by atoms with Crippen molar-refractivity contribution in [3.63, 3.8) is 0 Å². The van der Waals surface area contributed by atoms with Crippen LogP contribution in [0.15, 0.2) is 72.8 Å². The van der Waals surface area contributed by atoms with E-state index in [1.54, 1.807) is 0 Å². The second-order valence-electron chi connectivity index (χ2n) is 6.56. The third-order valence-corrected chi connectivity index (χ3v) is 5.33. The highest BCUT2D eigenvalue weighted by atomic mass is 14.9. The molecule has 0 N–H and O–H groups in total. The van der Waals surface area contributed by atoms with Crippen molar-refractivity contribution in [2.75, 3.05) is 0 Å². The molecule has 2 nitrogen and oxygen atoms in total. The minimum Gasteiger partial charge on any atom is -0.308 e. The van der Waals surface area contributed by atoms with E-state index in [0.29, 0.717) is 5.56 Å². The summed E-state index contributed by atoms with van der Waals surface area (Å²) in [5.41, 5.74) is 4.34. The minimum absolute atomic E-state index is 0.705. The smallest absolute Gasteiger partial charge is 0.0991 e. The van der Waals surface area contributed by atoms with Gasteiger partial charge < -0.3 is 4.40 Å². The van der Waals surface area contributed by atoms with Gasteiger partial charge >= 0.3 is 0 Å². The van der Waals surface area contributed by atoms with Crippen LogP contribution >= 0.6 is 0 Å². The first-order valence-electron chi connectivity index (χ1n) is 8.36. The van der Waals surface area contributed by atoms with E-state index in [1.165, 1.54) is 38.0 Å². The topological polar surface area (TPSA) is 28.2 Å². The average molecular weight is 316 g/mol. The molecular formula is C23H12N2. The molecule has 25 heavy (non-hydrogen) atoms. The normalized spacial score (nSPS) is 12.0. The second-order valence-corrected chi connectivity index (χ2v) is 6.56. The molecule has 0 saturated carbocycles. The maximum Gasteiger partial charge on any atom is 0.0991 e. The van der Waals surface area contributed by atoms with Crippen molar-refractivity contribution in [1.82, 2.24) is 4.40 Å². The molecule has 6 aromatic rings. The number of rotatable bonds is 0. The van der Waals surface area contributed by atoms with Gasteiger partial charge in [0.25, 0.3) is 0 Å². The standard InChI is InChI=1S/C23H12N2/c24-13-14-8-10-20-19(12-14)17-6-3-7-18-22-16-5-2-1-4-15(16)9-11-21(22)25(20)23(17)18/h1-12H. The first-order chi connectivity index (χ1) is 12.4. The molecular weight excluding hydrogens is 304 g/mol. The van der Waals surface area contributed by atoms with Gasteiger partial charge in [-0.1, -0.05) is 48.5 Å². The zero-order valence-electron chi connectivity index (χ0n) is 13.3. The molecule has 0 atom stereocenters. The molecule has 2 aromatic heterocycles. The average Bonchev–Trinajstić information content (AvgIpc) is 3.19. The van der Waals surface area contributed by atoms with Gasteiger partial charge in [0, 0.05) is 21.5 Å². The number of hydrogen-bond donors (Lipinski definition) is 0. The Morgan fingerprint density at radius 3 is 2.40 bits per heavy atom. The van der Waals surface area contributed by atoms with Crippen LogP contribution < -0.4 is 0 Å². The van der Waals surface area contributed by atoms with Gasteiger partial charge in [0.05, 0.1) is 28.2 Å². The molecule has 0 amide bonds. The van der Waals surface area contributed by atoms with Crippen LogP contribution in [0.4, 0.5) is 0 Å². The number of aromatic nitrogens is 1. The molecule has 4 aromatic carbocycles. The molecule has 0 bridgehead atoms. The largest absolute Gasteiger partial charge is 0.308 e. The summed E-state index contributed by atoms with van der Waals surface area (Å²) in [5.74, 6) is 0. The molecule has 6 rings (SSSR count). The number of hydrogen-bond acceptors (Lipinski definition) is 1. The maximum atomic E-state index is 9.26. The zero-order chi connectivity index (χ0) is 16.5. The lowest BCUT2D eigenvalue weighted by Gasteiger charge is -2.02. The van der Waals surface area contributed by atoms with Crippen LogP contribution in [-0.2, 0) is 0 Å². The van der Waals surface area contributed by atoms with Crippen molar-refractivity contribution >= 4 is 48.9 Å². The van der Waals surface area contributed by atoms with Gasteiger partial charge in [-0.15, -0.1) is 0 Å². The van der Waals surface area contributed by atoms with Crippen molar-refractivity contribution in [2.24, 2.45) is 0 Å². The first kappa shape index (κ1) is 12.8. The van der Waals surface area contributed by atoms with Crippen molar-refractivity contribution in [1.29, 1.82) is 5.26 Å². The second kappa shape index (κ2) is 4.28. The SMILES string of the molecule is N#Cc1ccc2c(c1)c1cccc3c4c5ccccc5ccc4n2c13. The van der Waals surface area contributed by atoms with Crippen LogP contribution in [0.1, 0.15) is 5.56 Å². The van der Waals surface area contributed by atoms with E-state index < -0.39 is 0 Å². The Morgan fingerprint density at radius 1 is 0.680 bits per heavy atom.